The van der Waals surface area contributed by atoms with Gasteiger partial charge in [0.15, 0.2) is 0 Å². The molecule has 1 aliphatic carbocycles. The van der Waals surface area contributed by atoms with Crippen LogP contribution in [0.1, 0.15) is 17.5 Å². The first-order valence-corrected chi connectivity index (χ1v) is 6.76. The predicted octanol–water partition coefficient (Wildman–Crippen LogP) is 2.88. The zero-order chi connectivity index (χ0) is 9.60. The van der Waals surface area contributed by atoms with E-state index in [-0.39, 0.29) is 4.87 Å². The lowest BCUT2D eigenvalue weighted by molar-refractivity contribution is 0.522. The molecule has 1 aromatic carbocycles. The van der Waals surface area contributed by atoms with Crippen LogP contribution in [0.4, 0.5) is 0 Å². The van der Waals surface area contributed by atoms with Crippen molar-refractivity contribution in [2.45, 2.75) is 17.7 Å². The van der Waals surface area contributed by atoms with Gasteiger partial charge in [-0.1, -0.05) is 22.0 Å². The van der Waals surface area contributed by atoms with Crippen molar-refractivity contribution in [3.05, 3.63) is 33.8 Å². The maximum Gasteiger partial charge on any atom is 0.0908 e. The van der Waals surface area contributed by atoms with Gasteiger partial charge in [-0.05, 0) is 36.1 Å². The van der Waals surface area contributed by atoms with E-state index in [1.165, 1.54) is 34.2 Å². The highest BCUT2D eigenvalue weighted by molar-refractivity contribution is 9.10. The second-order valence-electron chi connectivity index (χ2n) is 3.90. The first-order chi connectivity index (χ1) is 6.80. The number of benzene rings is 1. The van der Waals surface area contributed by atoms with Gasteiger partial charge in [0.25, 0.3) is 0 Å². The summed E-state index contributed by atoms with van der Waals surface area (Å²) in [6, 6.07) is 6.69. The molecule has 1 atom stereocenters. The average molecular weight is 270 g/mol. The Morgan fingerprint density at radius 2 is 2.36 bits per heavy atom. The van der Waals surface area contributed by atoms with E-state index >= 15 is 0 Å². The Hall–Kier alpha value is 0.01000. The zero-order valence-corrected chi connectivity index (χ0v) is 10.2. The van der Waals surface area contributed by atoms with Crippen molar-refractivity contribution in [2.24, 2.45) is 0 Å². The quantitative estimate of drug-likeness (QED) is 0.778. The summed E-state index contributed by atoms with van der Waals surface area (Å²) in [6.45, 7) is 1.15. The number of thioether (sulfide) groups is 1. The minimum atomic E-state index is 0.249. The smallest absolute Gasteiger partial charge is 0.0908 e. The van der Waals surface area contributed by atoms with Gasteiger partial charge >= 0.3 is 0 Å². The molecule has 1 nitrogen and oxygen atoms in total. The number of halogens is 1. The Morgan fingerprint density at radius 1 is 1.43 bits per heavy atom. The summed E-state index contributed by atoms with van der Waals surface area (Å²) >= 11 is 5.63. The fraction of sp³-hybridized carbons (Fsp3) is 0.455. The first kappa shape index (κ1) is 9.25. The van der Waals surface area contributed by atoms with Gasteiger partial charge in [-0.2, -0.15) is 0 Å². The molecule has 1 aromatic rings. The molecule has 1 fully saturated rings. The maximum absolute atomic E-state index is 3.66. The standard InChI is InChI=1S/C11H12BrNS/c12-9-2-1-8-3-4-11(10(8)7-9)13-5-6-14-11/h1-2,7,13H,3-6H2. The monoisotopic (exact) mass is 269 g/mol. The minimum Gasteiger partial charge on any atom is -0.298 e. The van der Waals surface area contributed by atoms with Crippen molar-refractivity contribution in [3.8, 4) is 0 Å². The fourth-order valence-electron chi connectivity index (χ4n) is 2.45. The van der Waals surface area contributed by atoms with Gasteiger partial charge in [-0.15, -0.1) is 11.8 Å². The van der Waals surface area contributed by atoms with Crippen LogP contribution in [-0.4, -0.2) is 12.3 Å². The van der Waals surface area contributed by atoms with Crippen molar-refractivity contribution in [3.63, 3.8) is 0 Å². The van der Waals surface area contributed by atoms with Gasteiger partial charge in [0.2, 0.25) is 0 Å². The van der Waals surface area contributed by atoms with E-state index in [2.05, 4.69) is 51.2 Å². The Labute approximate surface area is 96.8 Å². The largest absolute Gasteiger partial charge is 0.298 e. The van der Waals surface area contributed by atoms with Crippen LogP contribution in [0.5, 0.6) is 0 Å². The van der Waals surface area contributed by atoms with E-state index in [0.717, 1.165) is 6.54 Å². The number of nitrogens with one attached hydrogen (secondary N) is 1. The molecule has 0 amide bonds. The van der Waals surface area contributed by atoms with E-state index in [1.54, 1.807) is 0 Å². The molecular weight excluding hydrogens is 258 g/mol. The van der Waals surface area contributed by atoms with Crippen molar-refractivity contribution in [1.29, 1.82) is 0 Å². The molecule has 0 aromatic heterocycles. The predicted molar refractivity (Wildman–Crippen MR) is 64.6 cm³/mol. The molecule has 1 unspecified atom stereocenters. The topological polar surface area (TPSA) is 12.0 Å². The Bertz CT molecular complexity index is 372. The molecule has 1 saturated heterocycles. The van der Waals surface area contributed by atoms with Crippen molar-refractivity contribution in [1.82, 2.24) is 5.32 Å². The van der Waals surface area contributed by atoms with E-state index < -0.39 is 0 Å². The average Bonchev–Trinajstić information content (AvgIpc) is 2.77. The number of rotatable bonds is 0. The molecule has 1 spiro atoms. The lowest BCUT2D eigenvalue weighted by Gasteiger charge is -2.24. The van der Waals surface area contributed by atoms with Gasteiger partial charge in [0.1, 0.15) is 0 Å². The van der Waals surface area contributed by atoms with Gasteiger partial charge in [-0.25, -0.2) is 0 Å². The number of hydrogen-bond acceptors (Lipinski definition) is 2. The highest BCUT2D eigenvalue weighted by Crippen LogP contribution is 2.48. The van der Waals surface area contributed by atoms with Crippen LogP contribution in [0.25, 0.3) is 0 Å². The Kier molecular flexibility index (Phi) is 2.15. The van der Waals surface area contributed by atoms with Crippen molar-refractivity contribution in [2.75, 3.05) is 12.3 Å². The van der Waals surface area contributed by atoms with E-state index in [4.69, 9.17) is 0 Å². The minimum absolute atomic E-state index is 0.249. The van der Waals surface area contributed by atoms with Crippen LogP contribution in [0.3, 0.4) is 0 Å². The van der Waals surface area contributed by atoms with Crippen LogP contribution in [0.15, 0.2) is 22.7 Å². The van der Waals surface area contributed by atoms with Crippen LogP contribution in [0.2, 0.25) is 0 Å². The van der Waals surface area contributed by atoms with Gasteiger partial charge in [0.05, 0.1) is 4.87 Å². The third-order valence-electron chi connectivity index (χ3n) is 3.11. The lowest BCUT2D eigenvalue weighted by Crippen LogP contribution is -2.31. The summed E-state index contributed by atoms with van der Waals surface area (Å²) < 4.78 is 1.20. The summed E-state index contributed by atoms with van der Waals surface area (Å²) in [5, 5.41) is 3.66. The van der Waals surface area contributed by atoms with Crippen LogP contribution < -0.4 is 5.32 Å². The summed E-state index contributed by atoms with van der Waals surface area (Å²) in [6.07, 6.45) is 2.48. The number of hydrogen-bond donors (Lipinski definition) is 1. The van der Waals surface area contributed by atoms with Crippen LogP contribution >= 0.6 is 27.7 Å². The summed E-state index contributed by atoms with van der Waals surface area (Å²) in [7, 11) is 0. The molecule has 1 heterocycles. The fourth-order valence-corrected chi connectivity index (χ4v) is 4.16. The van der Waals surface area contributed by atoms with Gasteiger partial charge in [0, 0.05) is 16.8 Å². The maximum atomic E-state index is 3.66. The van der Waals surface area contributed by atoms with E-state index in [9.17, 15) is 0 Å². The SMILES string of the molecule is Brc1ccc2c(c1)C1(CC2)NCCS1. The molecule has 3 rings (SSSR count). The number of fused-ring (bicyclic) bond motifs is 2. The lowest BCUT2D eigenvalue weighted by atomic mass is 10.1. The van der Waals surface area contributed by atoms with Crippen molar-refractivity contribution >= 4 is 27.7 Å². The Morgan fingerprint density at radius 3 is 3.14 bits per heavy atom. The molecule has 0 radical (unpaired) electrons. The van der Waals surface area contributed by atoms with Crippen LogP contribution in [-0.2, 0) is 11.3 Å². The molecule has 14 heavy (non-hydrogen) atoms. The zero-order valence-electron chi connectivity index (χ0n) is 7.85. The summed E-state index contributed by atoms with van der Waals surface area (Å²) in [5.41, 5.74) is 3.03. The first-order valence-electron chi connectivity index (χ1n) is 4.98. The highest BCUT2D eigenvalue weighted by atomic mass is 79.9. The molecular formula is C11H12BrNS. The molecule has 2 aliphatic rings. The second-order valence-corrected chi connectivity index (χ2v) is 6.21. The summed E-state index contributed by atoms with van der Waals surface area (Å²) in [5.74, 6) is 1.24. The molecule has 1 aliphatic heterocycles. The van der Waals surface area contributed by atoms with E-state index in [1.807, 2.05) is 0 Å². The van der Waals surface area contributed by atoms with Gasteiger partial charge < -0.3 is 0 Å². The van der Waals surface area contributed by atoms with Crippen molar-refractivity contribution < 1.29 is 0 Å². The Balaban J connectivity index is 2.12. The summed E-state index contributed by atoms with van der Waals surface area (Å²) in [4.78, 5) is 0.249. The second kappa shape index (κ2) is 3.26. The molecule has 0 saturated carbocycles. The third kappa shape index (κ3) is 1.26. The number of aryl methyl sites for hydroxylation is 1. The normalized spacial score (nSPS) is 29.8. The third-order valence-corrected chi connectivity index (χ3v) is 5.08. The molecule has 74 valence electrons. The van der Waals surface area contributed by atoms with E-state index in [0.29, 0.717) is 0 Å². The van der Waals surface area contributed by atoms with Crippen LogP contribution in [0, 0.1) is 0 Å². The van der Waals surface area contributed by atoms with Gasteiger partial charge in [-0.3, -0.25) is 5.32 Å². The highest BCUT2D eigenvalue weighted by Gasteiger charge is 2.41. The molecule has 1 N–H and O–H groups in total. The molecule has 3 heteroatoms. The molecule has 0 bridgehead atoms.